The molecule has 2 rings (SSSR count). The van der Waals surface area contributed by atoms with Gasteiger partial charge in [0.05, 0.1) is 0 Å². The molecule has 3 unspecified atom stereocenters. The molecule has 124 valence electrons. The third-order valence-electron chi connectivity index (χ3n) is 4.40. The quantitative estimate of drug-likeness (QED) is 0.873. The van der Waals surface area contributed by atoms with Crippen LogP contribution in [0.3, 0.4) is 0 Å². The monoisotopic (exact) mass is 305 g/mol. The molecule has 0 radical (unpaired) electrons. The highest BCUT2D eigenvalue weighted by atomic mass is 16.5. The fourth-order valence-corrected chi connectivity index (χ4v) is 3.43. The van der Waals surface area contributed by atoms with E-state index in [-0.39, 0.29) is 0 Å². The minimum atomic E-state index is -0.428. The van der Waals surface area contributed by atoms with Gasteiger partial charge in [0.1, 0.15) is 18.5 Å². The smallest absolute Gasteiger partial charge is 0.119 e. The summed E-state index contributed by atoms with van der Waals surface area (Å²) in [5, 5.41) is 10.2. The number of hydrogen-bond acceptors (Lipinski definition) is 3. The van der Waals surface area contributed by atoms with E-state index in [0.717, 1.165) is 30.7 Å². The van der Waals surface area contributed by atoms with E-state index in [2.05, 4.69) is 44.7 Å². The zero-order valence-corrected chi connectivity index (χ0v) is 14.5. The SMILES string of the molecule is CC1CC(C)CN(CC(O)COc2ccc(C(C)C)cc2)C1. The fourth-order valence-electron chi connectivity index (χ4n) is 3.43. The van der Waals surface area contributed by atoms with Crippen molar-refractivity contribution in [2.45, 2.75) is 46.1 Å². The van der Waals surface area contributed by atoms with Crippen molar-refractivity contribution < 1.29 is 9.84 Å². The van der Waals surface area contributed by atoms with Gasteiger partial charge in [0, 0.05) is 19.6 Å². The summed E-state index contributed by atoms with van der Waals surface area (Å²) in [7, 11) is 0. The van der Waals surface area contributed by atoms with Gasteiger partial charge in [-0.15, -0.1) is 0 Å². The third kappa shape index (κ3) is 5.29. The number of aliphatic hydroxyl groups excluding tert-OH is 1. The zero-order chi connectivity index (χ0) is 16.1. The summed E-state index contributed by atoms with van der Waals surface area (Å²) in [6.07, 6.45) is 0.868. The van der Waals surface area contributed by atoms with E-state index in [0.29, 0.717) is 19.1 Å². The molecule has 3 heteroatoms. The van der Waals surface area contributed by atoms with Crippen LogP contribution in [0.25, 0.3) is 0 Å². The molecule has 1 aliphatic heterocycles. The van der Waals surface area contributed by atoms with Gasteiger partial charge < -0.3 is 14.7 Å². The van der Waals surface area contributed by atoms with Crippen molar-refractivity contribution in [3.8, 4) is 5.75 Å². The Bertz CT molecular complexity index is 433. The zero-order valence-electron chi connectivity index (χ0n) is 14.5. The van der Waals surface area contributed by atoms with E-state index in [4.69, 9.17) is 4.74 Å². The van der Waals surface area contributed by atoms with E-state index >= 15 is 0 Å². The highest BCUT2D eigenvalue weighted by Gasteiger charge is 2.23. The van der Waals surface area contributed by atoms with Crippen molar-refractivity contribution in [3.63, 3.8) is 0 Å². The van der Waals surface area contributed by atoms with Crippen LogP contribution in [0.4, 0.5) is 0 Å². The maximum atomic E-state index is 10.2. The molecule has 1 aliphatic rings. The maximum absolute atomic E-state index is 10.2. The molecule has 1 heterocycles. The average Bonchev–Trinajstić information content (AvgIpc) is 2.44. The van der Waals surface area contributed by atoms with Crippen molar-refractivity contribution in [2.75, 3.05) is 26.2 Å². The van der Waals surface area contributed by atoms with Gasteiger partial charge in [-0.1, -0.05) is 39.8 Å². The van der Waals surface area contributed by atoms with Gasteiger partial charge in [-0.3, -0.25) is 0 Å². The third-order valence-corrected chi connectivity index (χ3v) is 4.40. The first-order chi connectivity index (χ1) is 10.4. The summed E-state index contributed by atoms with van der Waals surface area (Å²) in [5.41, 5.74) is 1.31. The largest absolute Gasteiger partial charge is 0.491 e. The molecule has 0 saturated carbocycles. The van der Waals surface area contributed by atoms with Crippen molar-refractivity contribution in [3.05, 3.63) is 29.8 Å². The number of likely N-dealkylation sites (tertiary alicyclic amines) is 1. The Morgan fingerprint density at radius 2 is 1.73 bits per heavy atom. The molecule has 0 bridgehead atoms. The number of hydrogen-bond donors (Lipinski definition) is 1. The molecule has 22 heavy (non-hydrogen) atoms. The van der Waals surface area contributed by atoms with Crippen LogP contribution < -0.4 is 4.74 Å². The van der Waals surface area contributed by atoms with Gasteiger partial charge in [0.2, 0.25) is 0 Å². The number of ether oxygens (including phenoxy) is 1. The highest BCUT2D eigenvalue weighted by Crippen LogP contribution is 2.21. The number of nitrogens with zero attached hydrogens (tertiary/aromatic N) is 1. The topological polar surface area (TPSA) is 32.7 Å². The van der Waals surface area contributed by atoms with E-state index < -0.39 is 6.10 Å². The van der Waals surface area contributed by atoms with E-state index in [1.807, 2.05) is 12.1 Å². The lowest BCUT2D eigenvalue weighted by molar-refractivity contribution is 0.0429. The second-order valence-electron chi connectivity index (χ2n) is 7.35. The molecule has 3 nitrogen and oxygen atoms in total. The second-order valence-corrected chi connectivity index (χ2v) is 7.35. The minimum Gasteiger partial charge on any atom is -0.491 e. The molecule has 3 atom stereocenters. The first-order valence-corrected chi connectivity index (χ1v) is 8.57. The molecule has 0 aromatic heterocycles. The minimum absolute atomic E-state index is 0.361. The van der Waals surface area contributed by atoms with Crippen LogP contribution in [0.2, 0.25) is 0 Å². The summed E-state index contributed by atoms with van der Waals surface area (Å²) < 4.78 is 5.72. The molecule has 0 amide bonds. The van der Waals surface area contributed by atoms with Crippen LogP contribution >= 0.6 is 0 Å². The van der Waals surface area contributed by atoms with Gasteiger partial charge >= 0.3 is 0 Å². The van der Waals surface area contributed by atoms with Crippen LogP contribution in [0.5, 0.6) is 5.75 Å². The van der Waals surface area contributed by atoms with Crippen LogP contribution in [-0.4, -0.2) is 42.4 Å². The molecule has 1 aromatic rings. The van der Waals surface area contributed by atoms with Crippen molar-refractivity contribution >= 4 is 0 Å². The Morgan fingerprint density at radius 3 is 2.27 bits per heavy atom. The molecule has 1 saturated heterocycles. The fraction of sp³-hybridized carbons (Fsp3) is 0.684. The summed E-state index contributed by atoms with van der Waals surface area (Å²) in [6.45, 7) is 12.2. The first-order valence-electron chi connectivity index (χ1n) is 8.57. The summed E-state index contributed by atoms with van der Waals surface area (Å²) in [5.74, 6) is 2.81. The predicted molar refractivity (Wildman–Crippen MR) is 91.4 cm³/mol. The molecule has 1 N–H and O–H groups in total. The van der Waals surface area contributed by atoms with Gasteiger partial charge in [0.15, 0.2) is 0 Å². The Morgan fingerprint density at radius 1 is 1.14 bits per heavy atom. The predicted octanol–water partition coefficient (Wildman–Crippen LogP) is 3.53. The average molecular weight is 305 g/mol. The lowest BCUT2D eigenvalue weighted by Crippen LogP contribution is -2.43. The van der Waals surface area contributed by atoms with Gasteiger partial charge in [-0.05, 0) is 41.9 Å². The van der Waals surface area contributed by atoms with Gasteiger partial charge in [0.25, 0.3) is 0 Å². The normalized spacial score (nSPS) is 24.5. The number of aliphatic hydroxyl groups is 1. The Labute approximate surface area is 135 Å². The molecule has 0 spiro atoms. The standard InChI is InChI=1S/C19H31NO2/c1-14(2)17-5-7-19(8-6-17)22-13-18(21)12-20-10-15(3)9-16(4)11-20/h5-8,14-16,18,21H,9-13H2,1-4H3. The van der Waals surface area contributed by atoms with Crippen LogP contribution in [0.1, 0.15) is 45.6 Å². The lowest BCUT2D eigenvalue weighted by atomic mass is 9.92. The Balaban J connectivity index is 1.76. The first kappa shape index (κ1) is 17.3. The van der Waals surface area contributed by atoms with Gasteiger partial charge in [-0.2, -0.15) is 0 Å². The number of β-amino-alcohol motifs (C(OH)–C–C–N with tert-alkyl or cyclic N) is 1. The van der Waals surface area contributed by atoms with Gasteiger partial charge in [-0.25, -0.2) is 0 Å². The summed E-state index contributed by atoms with van der Waals surface area (Å²) >= 11 is 0. The maximum Gasteiger partial charge on any atom is 0.119 e. The molecular weight excluding hydrogens is 274 g/mol. The lowest BCUT2D eigenvalue weighted by Gasteiger charge is -2.35. The molecule has 1 fully saturated rings. The second kappa shape index (κ2) is 7.98. The van der Waals surface area contributed by atoms with E-state index in [1.165, 1.54) is 12.0 Å². The highest BCUT2D eigenvalue weighted by molar-refractivity contribution is 5.28. The number of piperidine rings is 1. The number of rotatable bonds is 6. The molecular formula is C19H31NO2. The van der Waals surface area contributed by atoms with Crippen molar-refractivity contribution in [1.82, 2.24) is 4.90 Å². The van der Waals surface area contributed by atoms with Crippen molar-refractivity contribution in [1.29, 1.82) is 0 Å². The van der Waals surface area contributed by atoms with Crippen LogP contribution in [0, 0.1) is 11.8 Å². The molecule has 1 aromatic carbocycles. The molecule has 0 aliphatic carbocycles. The number of benzene rings is 1. The summed E-state index contributed by atoms with van der Waals surface area (Å²) in [6, 6.07) is 8.18. The van der Waals surface area contributed by atoms with E-state index in [9.17, 15) is 5.11 Å². The van der Waals surface area contributed by atoms with Crippen LogP contribution in [-0.2, 0) is 0 Å². The van der Waals surface area contributed by atoms with Crippen LogP contribution in [0.15, 0.2) is 24.3 Å². The van der Waals surface area contributed by atoms with Crippen molar-refractivity contribution in [2.24, 2.45) is 11.8 Å². The Hall–Kier alpha value is -1.06. The van der Waals surface area contributed by atoms with E-state index in [1.54, 1.807) is 0 Å². The summed E-state index contributed by atoms with van der Waals surface area (Å²) in [4.78, 5) is 2.37. The Kier molecular flexibility index (Phi) is 6.27.